The molecule has 0 bridgehead atoms. The van der Waals surface area contributed by atoms with Gasteiger partial charge in [-0.05, 0) is 41.7 Å². The minimum Gasteiger partial charge on any atom is -0.330 e. The molecule has 1 fully saturated rings. The van der Waals surface area contributed by atoms with Crippen LogP contribution < -0.4 is 0 Å². The van der Waals surface area contributed by atoms with Gasteiger partial charge in [0.25, 0.3) is 0 Å². The third-order valence-corrected chi connectivity index (χ3v) is 7.15. The third kappa shape index (κ3) is 4.04. The van der Waals surface area contributed by atoms with Gasteiger partial charge in [0.2, 0.25) is 5.91 Å². The number of allylic oxidation sites excluding steroid dienone is 1. The molecule has 5 rings (SSSR count). The van der Waals surface area contributed by atoms with Gasteiger partial charge in [0, 0.05) is 18.0 Å². The van der Waals surface area contributed by atoms with Crippen LogP contribution in [0.25, 0.3) is 12.2 Å². The standard InChI is InChI=1S/C30H28FNO/c1-30-19-9-8-14-26(30)28(32(29(30)33)21-23-12-6-3-7-13-23)25-17-18-27(31)24(20-25)16-15-22-10-4-2-5-11-22/h2-8,10-18,20,26,28H,9,19,21H2,1H3/b16-15+. The zero-order chi connectivity index (χ0) is 22.8. The molecule has 3 heteroatoms. The molecule has 1 aliphatic heterocycles. The first-order chi connectivity index (χ1) is 16.1. The number of benzene rings is 3. The third-order valence-electron chi connectivity index (χ3n) is 7.15. The fraction of sp³-hybridized carbons (Fsp3) is 0.233. The monoisotopic (exact) mass is 437 g/mol. The van der Waals surface area contributed by atoms with Crippen molar-refractivity contribution in [1.82, 2.24) is 4.90 Å². The summed E-state index contributed by atoms with van der Waals surface area (Å²) in [5.41, 5.74) is 3.22. The Morgan fingerprint density at radius 1 is 1.00 bits per heavy atom. The largest absolute Gasteiger partial charge is 0.330 e. The molecule has 3 aromatic rings. The predicted octanol–water partition coefficient (Wildman–Crippen LogP) is 7.05. The smallest absolute Gasteiger partial charge is 0.230 e. The number of fused-ring (bicyclic) bond motifs is 1. The van der Waals surface area contributed by atoms with E-state index in [1.807, 2.05) is 77.7 Å². The van der Waals surface area contributed by atoms with E-state index in [1.54, 1.807) is 0 Å². The second kappa shape index (κ2) is 8.82. The van der Waals surface area contributed by atoms with E-state index in [2.05, 4.69) is 31.2 Å². The maximum Gasteiger partial charge on any atom is 0.230 e. The highest BCUT2D eigenvalue weighted by atomic mass is 19.1. The molecule has 0 radical (unpaired) electrons. The van der Waals surface area contributed by atoms with Crippen molar-refractivity contribution in [3.05, 3.63) is 119 Å². The summed E-state index contributed by atoms with van der Waals surface area (Å²) < 4.78 is 14.7. The summed E-state index contributed by atoms with van der Waals surface area (Å²) in [6.07, 6.45) is 9.91. The number of carbonyl (C=O) groups is 1. The van der Waals surface area contributed by atoms with Gasteiger partial charge in [-0.2, -0.15) is 0 Å². The maximum atomic E-state index is 14.7. The molecule has 3 unspecified atom stereocenters. The van der Waals surface area contributed by atoms with Crippen molar-refractivity contribution < 1.29 is 9.18 Å². The van der Waals surface area contributed by atoms with Gasteiger partial charge in [-0.15, -0.1) is 0 Å². The molecule has 1 aliphatic carbocycles. The van der Waals surface area contributed by atoms with Crippen LogP contribution >= 0.6 is 0 Å². The second-order valence-electron chi connectivity index (χ2n) is 9.30. The molecule has 3 aromatic carbocycles. The van der Waals surface area contributed by atoms with Crippen LogP contribution in [-0.2, 0) is 11.3 Å². The van der Waals surface area contributed by atoms with E-state index in [0.29, 0.717) is 12.1 Å². The molecule has 0 aromatic heterocycles. The molecule has 2 nitrogen and oxygen atoms in total. The van der Waals surface area contributed by atoms with Crippen LogP contribution in [0.3, 0.4) is 0 Å². The Morgan fingerprint density at radius 2 is 1.73 bits per heavy atom. The summed E-state index contributed by atoms with van der Waals surface area (Å²) in [7, 11) is 0. The van der Waals surface area contributed by atoms with Crippen LogP contribution in [0.5, 0.6) is 0 Å². The topological polar surface area (TPSA) is 20.3 Å². The molecule has 2 aliphatic rings. The fourth-order valence-electron chi connectivity index (χ4n) is 5.32. The minimum atomic E-state index is -0.428. The van der Waals surface area contributed by atoms with Gasteiger partial charge >= 0.3 is 0 Å². The van der Waals surface area contributed by atoms with E-state index in [1.165, 1.54) is 6.07 Å². The number of hydrogen-bond acceptors (Lipinski definition) is 1. The summed E-state index contributed by atoms with van der Waals surface area (Å²) in [6, 6.07) is 25.2. The second-order valence-corrected chi connectivity index (χ2v) is 9.30. The molecular formula is C30H28FNO. The average molecular weight is 438 g/mol. The first-order valence-corrected chi connectivity index (χ1v) is 11.6. The van der Waals surface area contributed by atoms with Crippen molar-refractivity contribution in [2.45, 2.75) is 32.4 Å². The van der Waals surface area contributed by atoms with Crippen LogP contribution in [0, 0.1) is 17.2 Å². The first-order valence-electron chi connectivity index (χ1n) is 11.6. The average Bonchev–Trinajstić information content (AvgIpc) is 3.07. The molecule has 0 spiro atoms. The lowest BCUT2D eigenvalue weighted by atomic mass is 9.69. The fourth-order valence-corrected chi connectivity index (χ4v) is 5.32. The lowest BCUT2D eigenvalue weighted by Crippen LogP contribution is -2.34. The Hall–Kier alpha value is -3.46. The summed E-state index contributed by atoms with van der Waals surface area (Å²) >= 11 is 0. The number of hydrogen-bond donors (Lipinski definition) is 0. The Kier molecular flexibility index (Phi) is 5.72. The van der Waals surface area contributed by atoms with E-state index >= 15 is 0 Å². The summed E-state index contributed by atoms with van der Waals surface area (Å²) in [4.78, 5) is 15.7. The van der Waals surface area contributed by atoms with Gasteiger partial charge in [-0.3, -0.25) is 4.79 Å². The number of nitrogens with zero attached hydrogens (tertiary/aromatic N) is 1. The Morgan fingerprint density at radius 3 is 2.48 bits per heavy atom. The van der Waals surface area contributed by atoms with Crippen molar-refractivity contribution in [1.29, 1.82) is 0 Å². The first kappa shape index (κ1) is 21.4. The quantitative estimate of drug-likeness (QED) is 0.309. The van der Waals surface area contributed by atoms with E-state index in [0.717, 1.165) is 29.5 Å². The molecule has 166 valence electrons. The van der Waals surface area contributed by atoms with Crippen LogP contribution in [0.2, 0.25) is 0 Å². The molecular weight excluding hydrogens is 409 g/mol. The highest BCUT2D eigenvalue weighted by molar-refractivity contribution is 5.87. The van der Waals surface area contributed by atoms with Gasteiger partial charge in [0.05, 0.1) is 11.5 Å². The molecule has 0 saturated carbocycles. The van der Waals surface area contributed by atoms with E-state index in [-0.39, 0.29) is 23.7 Å². The van der Waals surface area contributed by atoms with Crippen LogP contribution in [0.15, 0.2) is 91.0 Å². The SMILES string of the molecule is CC12CCC=CC1C(c1ccc(F)c(/C=C/c3ccccc3)c1)N(Cc1ccccc1)C2=O. The molecule has 1 heterocycles. The molecule has 0 N–H and O–H groups in total. The van der Waals surface area contributed by atoms with E-state index in [9.17, 15) is 9.18 Å². The number of likely N-dealkylation sites (tertiary alicyclic amines) is 1. The van der Waals surface area contributed by atoms with Crippen molar-refractivity contribution in [2.75, 3.05) is 0 Å². The Labute approximate surface area is 195 Å². The van der Waals surface area contributed by atoms with E-state index < -0.39 is 5.41 Å². The molecule has 33 heavy (non-hydrogen) atoms. The lowest BCUT2D eigenvalue weighted by Gasteiger charge is -2.32. The number of halogens is 1. The zero-order valence-electron chi connectivity index (χ0n) is 18.8. The Balaban J connectivity index is 1.54. The minimum absolute atomic E-state index is 0.0684. The number of amides is 1. The normalized spacial score (nSPS) is 24.4. The lowest BCUT2D eigenvalue weighted by molar-refractivity contribution is -0.137. The summed E-state index contributed by atoms with van der Waals surface area (Å²) in [6.45, 7) is 2.65. The maximum absolute atomic E-state index is 14.7. The zero-order valence-corrected chi connectivity index (χ0v) is 18.8. The van der Waals surface area contributed by atoms with Crippen molar-refractivity contribution in [3.8, 4) is 0 Å². The number of rotatable bonds is 5. The molecule has 3 atom stereocenters. The van der Waals surface area contributed by atoms with Crippen molar-refractivity contribution >= 4 is 18.1 Å². The van der Waals surface area contributed by atoms with Gasteiger partial charge in [-0.25, -0.2) is 4.39 Å². The number of carbonyl (C=O) groups excluding carboxylic acids is 1. The molecule has 1 amide bonds. The molecule has 1 saturated heterocycles. The van der Waals surface area contributed by atoms with Crippen LogP contribution in [-0.4, -0.2) is 10.8 Å². The van der Waals surface area contributed by atoms with Gasteiger partial charge in [-0.1, -0.05) is 98.0 Å². The Bertz CT molecular complexity index is 1200. The van der Waals surface area contributed by atoms with Gasteiger partial charge < -0.3 is 4.90 Å². The van der Waals surface area contributed by atoms with E-state index in [4.69, 9.17) is 0 Å². The highest BCUT2D eigenvalue weighted by Gasteiger charge is 2.55. The van der Waals surface area contributed by atoms with Crippen molar-refractivity contribution in [2.24, 2.45) is 11.3 Å². The highest BCUT2D eigenvalue weighted by Crippen LogP contribution is 2.54. The summed E-state index contributed by atoms with van der Waals surface area (Å²) in [5.74, 6) is 0.00194. The van der Waals surface area contributed by atoms with Crippen LogP contribution in [0.4, 0.5) is 4.39 Å². The van der Waals surface area contributed by atoms with Crippen molar-refractivity contribution in [3.63, 3.8) is 0 Å². The van der Waals surface area contributed by atoms with Gasteiger partial charge in [0.15, 0.2) is 0 Å². The van der Waals surface area contributed by atoms with Crippen LogP contribution in [0.1, 0.15) is 48.1 Å². The summed E-state index contributed by atoms with van der Waals surface area (Å²) in [5, 5.41) is 0. The predicted molar refractivity (Wildman–Crippen MR) is 131 cm³/mol. The van der Waals surface area contributed by atoms with Gasteiger partial charge in [0.1, 0.15) is 5.82 Å².